The van der Waals surface area contributed by atoms with E-state index in [9.17, 15) is 9.59 Å². The minimum Gasteiger partial charge on any atom is -0.350 e. The predicted octanol–water partition coefficient (Wildman–Crippen LogP) is 3.21. The van der Waals surface area contributed by atoms with Crippen molar-refractivity contribution in [1.82, 2.24) is 20.0 Å². The number of carbonyl (C=O) groups is 2. The Hall–Kier alpha value is -1.74. The molecule has 2 aromatic heterocycles. The molecule has 0 radical (unpaired) electrons. The van der Waals surface area contributed by atoms with Gasteiger partial charge in [-0.2, -0.15) is 0 Å². The third-order valence-electron chi connectivity index (χ3n) is 6.02. The van der Waals surface area contributed by atoms with E-state index < -0.39 is 0 Å². The summed E-state index contributed by atoms with van der Waals surface area (Å²) >= 11 is 3.53. The molecule has 174 valence electrons. The molecule has 0 spiro atoms. The second-order valence-electron chi connectivity index (χ2n) is 9.76. The molecule has 1 fully saturated rings. The normalized spacial score (nSPS) is 20.6. The van der Waals surface area contributed by atoms with E-state index in [1.807, 2.05) is 20.8 Å². The zero-order chi connectivity index (χ0) is 22.7. The number of hydrogen-bond donors (Lipinski definition) is 1. The number of fused-ring (bicyclic) bond motifs is 1. The van der Waals surface area contributed by atoms with Crippen molar-refractivity contribution in [3.8, 4) is 0 Å². The van der Waals surface area contributed by atoms with Gasteiger partial charge in [-0.05, 0) is 75.2 Å². The predicted molar refractivity (Wildman–Crippen MR) is 131 cm³/mol. The highest BCUT2D eigenvalue weighted by molar-refractivity contribution is 7.10. The quantitative estimate of drug-likeness (QED) is 0.723. The molecule has 8 heteroatoms. The SMILES string of the molecule is CC(C)(C)NC(=O)CN1CCCN(CC(=O)N2CCc3sccc3[C@H]2c2cccs2)CC1. The van der Waals surface area contributed by atoms with Crippen LogP contribution >= 0.6 is 22.7 Å². The fourth-order valence-electron chi connectivity index (χ4n) is 4.62. The van der Waals surface area contributed by atoms with Gasteiger partial charge in [-0.1, -0.05) is 6.07 Å². The zero-order valence-corrected chi connectivity index (χ0v) is 20.9. The first kappa shape index (κ1) is 23.4. The Morgan fingerprint density at radius 3 is 2.44 bits per heavy atom. The van der Waals surface area contributed by atoms with Crippen LogP contribution in [0.1, 0.15) is 48.6 Å². The second-order valence-corrected chi connectivity index (χ2v) is 11.7. The van der Waals surface area contributed by atoms with Gasteiger partial charge in [0.2, 0.25) is 11.8 Å². The number of nitrogens with zero attached hydrogens (tertiary/aromatic N) is 3. The van der Waals surface area contributed by atoms with Crippen LogP contribution in [0.15, 0.2) is 29.0 Å². The molecule has 0 bridgehead atoms. The fraction of sp³-hybridized carbons (Fsp3) is 0.583. The van der Waals surface area contributed by atoms with Gasteiger partial charge >= 0.3 is 0 Å². The Balaban J connectivity index is 1.36. The molecular weight excluding hydrogens is 440 g/mol. The smallest absolute Gasteiger partial charge is 0.237 e. The number of carbonyl (C=O) groups excluding carboxylic acids is 2. The lowest BCUT2D eigenvalue weighted by Crippen LogP contribution is -2.47. The Kier molecular flexibility index (Phi) is 7.34. The molecular formula is C24H34N4O2S2. The third-order valence-corrected chi connectivity index (χ3v) is 7.94. The van der Waals surface area contributed by atoms with E-state index in [0.717, 1.165) is 45.6 Å². The minimum atomic E-state index is -0.211. The molecule has 4 rings (SSSR count). The van der Waals surface area contributed by atoms with E-state index in [1.165, 1.54) is 15.3 Å². The number of thiophene rings is 2. The van der Waals surface area contributed by atoms with Crippen molar-refractivity contribution >= 4 is 34.5 Å². The average Bonchev–Trinajstić information content (AvgIpc) is 3.37. The van der Waals surface area contributed by atoms with E-state index in [2.05, 4.69) is 49.0 Å². The standard InChI is InChI=1S/C24H34N4O2S2/c1-24(2,3)25-21(29)16-26-9-5-10-27(13-12-26)17-22(30)28-11-7-19-18(8-15-32-19)23(28)20-6-4-14-31-20/h4,6,8,14-15,23H,5,7,9-13,16-17H2,1-3H3,(H,25,29)/t23-/m0/s1. The van der Waals surface area contributed by atoms with Crippen LogP contribution < -0.4 is 5.32 Å². The zero-order valence-electron chi connectivity index (χ0n) is 19.3. The fourth-order valence-corrected chi connectivity index (χ4v) is 6.38. The number of amides is 2. The number of rotatable bonds is 5. The van der Waals surface area contributed by atoms with E-state index in [4.69, 9.17) is 0 Å². The second kappa shape index (κ2) is 10.0. The summed E-state index contributed by atoms with van der Waals surface area (Å²) in [6.07, 6.45) is 1.91. The van der Waals surface area contributed by atoms with Crippen molar-refractivity contribution in [3.63, 3.8) is 0 Å². The van der Waals surface area contributed by atoms with E-state index in [0.29, 0.717) is 13.1 Å². The summed E-state index contributed by atoms with van der Waals surface area (Å²) in [7, 11) is 0. The van der Waals surface area contributed by atoms with Gasteiger partial charge < -0.3 is 10.2 Å². The molecule has 2 amide bonds. The lowest BCUT2D eigenvalue weighted by molar-refractivity contribution is -0.134. The van der Waals surface area contributed by atoms with Crippen molar-refractivity contribution in [3.05, 3.63) is 44.3 Å². The monoisotopic (exact) mass is 474 g/mol. The Morgan fingerprint density at radius 2 is 1.75 bits per heavy atom. The summed E-state index contributed by atoms with van der Waals surface area (Å²) in [5.74, 6) is 0.278. The first-order valence-electron chi connectivity index (χ1n) is 11.4. The Morgan fingerprint density at radius 1 is 1.00 bits per heavy atom. The van der Waals surface area contributed by atoms with Crippen LogP contribution in [-0.4, -0.2) is 77.9 Å². The molecule has 6 nitrogen and oxygen atoms in total. The molecule has 4 heterocycles. The molecule has 2 aromatic rings. The highest BCUT2D eigenvalue weighted by atomic mass is 32.1. The average molecular weight is 475 g/mol. The summed E-state index contributed by atoms with van der Waals surface area (Å²) < 4.78 is 0. The molecule has 0 saturated carbocycles. The molecule has 0 aliphatic carbocycles. The summed E-state index contributed by atoms with van der Waals surface area (Å²) in [4.78, 5) is 35.0. The van der Waals surface area contributed by atoms with Crippen molar-refractivity contribution in [2.45, 2.75) is 45.2 Å². The molecule has 1 saturated heterocycles. The highest BCUT2D eigenvalue weighted by Gasteiger charge is 2.34. The topological polar surface area (TPSA) is 55.9 Å². The molecule has 1 atom stereocenters. The summed E-state index contributed by atoms with van der Waals surface area (Å²) in [6.45, 7) is 11.1. The van der Waals surface area contributed by atoms with E-state index in [1.54, 1.807) is 22.7 Å². The first-order valence-corrected chi connectivity index (χ1v) is 13.2. The van der Waals surface area contributed by atoms with Gasteiger partial charge in [0, 0.05) is 34.9 Å². The Bertz CT molecular complexity index is 919. The summed E-state index contributed by atoms with van der Waals surface area (Å²) in [6, 6.07) is 6.45. The first-order chi connectivity index (χ1) is 15.3. The summed E-state index contributed by atoms with van der Waals surface area (Å²) in [5, 5.41) is 7.29. The van der Waals surface area contributed by atoms with Crippen molar-refractivity contribution in [2.24, 2.45) is 0 Å². The number of nitrogens with one attached hydrogen (secondary N) is 1. The van der Waals surface area contributed by atoms with Crippen molar-refractivity contribution in [2.75, 3.05) is 45.8 Å². The molecule has 2 aliphatic rings. The largest absolute Gasteiger partial charge is 0.350 e. The maximum Gasteiger partial charge on any atom is 0.237 e. The minimum absolute atomic E-state index is 0.0436. The molecule has 0 aromatic carbocycles. The van der Waals surface area contributed by atoms with Crippen LogP contribution in [0, 0.1) is 0 Å². The van der Waals surface area contributed by atoms with Crippen LogP contribution in [0.3, 0.4) is 0 Å². The van der Waals surface area contributed by atoms with Gasteiger partial charge in [0.05, 0.1) is 19.1 Å². The lowest BCUT2D eigenvalue weighted by atomic mass is 9.98. The molecule has 2 aliphatic heterocycles. The van der Waals surface area contributed by atoms with Crippen LogP contribution in [0.4, 0.5) is 0 Å². The molecule has 32 heavy (non-hydrogen) atoms. The third kappa shape index (κ3) is 5.78. The molecule has 0 unspecified atom stereocenters. The lowest BCUT2D eigenvalue weighted by Gasteiger charge is -2.36. The van der Waals surface area contributed by atoms with E-state index >= 15 is 0 Å². The molecule has 1 N–H and O–H groups in total. The van der Waals surface area contributed by atoms with E-state index in [-0.39, 0.29) is 23.4 Å². The van der Waals surface area contributed by atoms with Gasteiger partial charge in [0.15, 0.2) is 0 Å². The highest BCUT2D eigenvalue weighted by Crippen LogP contribution is 2.39. The summed E-state index contributed by atoms with van der Waals surface area (Å²) in [5.41, 5.74) is 1.08. The van der Waals surface area contributed by atoms with Gasteiger partial charge in [-0.15, -0.1) is 22.7 Å². The maximum atomic E-state index is 13.4. The number of hydrogen-bond acceptors (Lipinski definition) is 6. The van der Waals surface area contributed by atoms with Gasteiger partial charge in [-0.25, -0.2) is 0 Å². The van der Waals surface area contributed by atoms with Crippen LogP contribution in [0.25, 0.3) is 0 Å². The van der Waals surface area contributed by atoms with Crippen LogP contribution in [0.2, 0.25) is 0 Å². The Labute approximate surface area is 199 Å². The van der Waals surface area contributed by atoms with Crippen molar-refractivity contribution < 1.29 is 9.59 Å². The maximum absolute atomic E-state index is 13.4. The van der Waals surface area contributed by atoms with Gasteiger partial charge in [0.1, 0.15) is 0 Å². The van der Waals surface area contributed by atoms with Crippen LogP contribution in [0.5, 0.6) is 0 Å². The van der Waals surface area contributed by atoms with Crippen LogP contribution in [-0.2, 0) is 16.0 Å². The van der Waals surface area contributed by atoms with Gasteiger partial charge in [-0.3, -0.25) is 19.4 Å². The van der Waals surface area contributed by atoms with Gasteiger partial charge in [0.25, 0.3) is 0 Å². The van der Waals surface area contributed by atoms with Crippen molar-refractivity contribution in [1.29, 1.82) is 0 Å².